The van der Waals surface area contributed by atoms with Gasteiger partial charge in [-0.05, 0) is 44.4 Å². The highest BCUT2D eigenvalue weighted by molar-refractivity contribution is 6.54. The molecule has 9 heteroatoms. The van der Waals surface area contributed by atoms with E-state index in [1.165, 1.54) is 0 Å². The lowest BCUT2D eigenvalue weighted by Gasteiger charge is -2.29. The van der Waals surface area contributed by atoms with Crippen molar-refractivity contribution in [1.29, 1.82) is 0 Å². The Morgan fingerprint density at radius 2 is 2.31 bits per heavy atom. The number of amides is 2. The van der Waals surface area contributed by atoms with E-state index in [-0.39, 0.29) is 30.1 Å². The Labute approximate surface area is 154 Å². The molecule has 0 aliphatic carbocycles. The zero-order valence-corrected chi connectivity index (χ0v) is 15.4. The molecule has 2 rings (SSSR count). The number of pyridine rings is 1. The van der Waals surface area contributed by atoms with Gasteiger partial charge < -0.3 is 26.3 Å². The molecular formula is C17H28BN5O3. The van der Waals surface area contributed by atoms with E-state index in [2.05, 4.69) is 15.6 Å². The van der Waals surface area contributed by atoms with E-state index in [1.807, 2.05) is 6.92 Å². The van der Waals surface area contributed by atoms with Gasteiger partial charge in [-0.15, -0.1) is 0 Å². The summed E-state index contributed by atoms with van der Waals surface area (Å²) in [6.45, 7) is 2.66. The van der Waals surface area contributed by atoms with E-state index < -0.39 is 6.92 Å². The lowest BCUT2D eigenvalue weighted by Crippen LogP contribution is -2.50. The summed E-state index contributed by atoms with van der Waals surface area (Å²) in [7, 11) is 1.81. The van der Waals surface area contributed by atoms with E-state index in [0.29, 0.717) is 25.2 Å². The van der Waals surface area contributed by atoms with Crippen molar-refractivity contribution in [3.05, 3.63) is 29.6 Å². The molecule has 5 N–H and O–H groups in total. The van der Waals surface area contributed by atoms with Crippen LogP contribution >= 0.6 is 0 Å². The standard InChI is InChI=1S/C17H28BN5O3/c1-12(9-19)18(26)15-4-3-7-23(15)16(24)11-22-17(25)13-5-6-21-14(8-13)10-20-2/h5-6,8,12,15,20,26H,3-4,7,9-11,19H2,1-2H3,(H,22,25). The van der Waals surface area contributed by atoms with Gasteiger partial charge in [-0.3, -0.25) is 14.6 Å². The van der Waals surface area contributed by atoms with Crippen LogP contribution in [-0.2, 0) is 11.3 Å². The fraction of sp³-hybridized carbons (Fsp3) is 0.588. The Morgan fingerprint density at radius 1 is 1.54 bits per heavy atom. The number of aromatic nitrogens is 1. The minimum atomic E-state index is -0.647. The first-order valence-corrected chi connectivity index (χ1v) is 9.03. The monoisotopic (exact) mass is 361 g/mol. The number of hydrogen-bond acceptors (Lipinski definition) is 6. The Hall–Kier alpha value is -1.97. The van der Waals surface area contributed by atoms with E-state index in [9.17, 15) is 14.6 Å². The van der Waals surface area contributed by atoms with Crippen LogP contribution < -0.4 is 16.4 Å². The van der Waals surface area contributed by atoms with Crippen LogP contribution in [0.4, 0.5) is 0 Å². The van der Waals surface area contributed by atoms with Crippen molar-refractivity contribution in [1.82, 2.24) is 20.5 Å². The van der Waals surface area contributed by atoms with E-state index >= 15 is 0 Å². The van der Waals surface area contributed by atoms with Gasteiger partial charge in [0.1, 0.15) is 0 Å². The predicted molar refractivity (Wildman–Crippen MR) is 101 cm³/mol. The Balaban J connectivity index is 1.93. The summed E-state index contributed by atoms with van der Waals surface area (Å²) in [5.41, 5.74) is 6.85. The minimum absolute atomic E-state index is 0.0783. The molecular weight excluding hydrogens is 333 g/mol. The molecule has 8 nitrogen and oxygen atoms in total. The average Bonchev–Trinajstić information content (AvgIpc) is 3.14. The van der Waals surface area contributed by atoms with E-state index in [4.69, 9.17) is 5.73 Å². The van der Waals surface area contributed by atoms with Crippen LogP contribution in [0.25, 0.3) is 0 Å². The predicted octanol–water partition coefficient (Wildman–Crippen LogP) is -0.606. The van der Waals surface area contributed by atoms with Crippen LogP contribution in [0.5, 0.6) is 0 Å². The van der Waals surface area contributed by atoms with Gasteiger partial charge >= 0.3 is 6.92 Å². The van der Waals surface area contributed by atoms with Crippen molar-refractivity contribution in [3.8, 4) is 0 Å². The van der Waals surface area contributed by atoms with Gasteiger partial charge in [0.15, 0.2) is 0 Å². The van der Waals surface area contributed by atoms with Crippen LogP contribution in [0.3, 0.4) is 0 Å². The molecule has 0 radical (unpaired) electrons. The molecule has 2 heterocycles. The van der Waals surface area contributed by atoms with Crippen LogP contribution in [0.1, 0.15) is 35.8 Å². The fourth-order valence-corrected chi connectivity index (χ4v) is 3.23. The molecule has 1 aromatic rings. The van der Waals surface area contributed by atoms with E-state index in [0.717, 1.165) is 18.5 Å². The molecule has 2 unspecified atom stereocenters. The first kappa shape index (κ1) is 20.3. The number of hydrogen-bond donors (Lipinski definition) is 4. The molecule has 26 heavy (non-hydrogen) atoms. The Bertz CT molecular complexity index is 630. The van der Waals surface area contributed by atoms with Crippen molar-refractivity contribution in [2.75, 3.05) is 26.7 Å². The normalized spacial score (nSPS) is 17.8. The summed E-state index contributed by atoms with van der Waals surface area (Å²) >= 11 is 0. The summed E-state index contributed by atoms with van der Waals surface area (Å²) in [4.78, 5) is 30.6. The highest BCUT2D eigenvalue weighted by Crippen LogP contribution is 2.23. The van der Waals surface area contributed by atoms with Gasteiger partial charge in [-0.1, -0.05) is 6.92 Å². The highest BCUT2D eigenvalue weighted by Gasteiger charge is 2.39. The number of nitrogens with one attached hydrogen (secondary N) is 2. The van der Waals surface area contributed by atoms with Crippen molar-refractivity contribution in [2.45, 2.75) is 38.1 Å². The number of nitrogens with two attached hydrogens (primary N) is 1. The quantitative estimate of drug-likeness (QED) is 0.459. The first-order valence-electron chi connectivity index (χ1n) is 9.03. The molecule has 1 aliphatic rings. The maximum Gasteiger partial charge on any atom is 0.316 e. The smallest absolute Gasteiger partial charge is 0.316 e. The third-order valence-corrected chi connectivity index (χ3v) is 4.81. The summed E-state index contributed by atoms with van der Waals surface area (Å²) in [5.74, 6) is -0.815. The maximum atomic E-state index is 12.5. The molecule has 1 aliphatic heterocycles. The van der Waals surface area contributed by atoms with Crippen LogP contribution in [0.2, 0.25) is 5.82 Å². The molecule has 1 aromatic heterocycles. The second-order valence-corrected chi connectivity index (χ2v) is 6.75. The summed E-state index contributed by atoms with van der Waals surface area (Å²) in [6, 6.07) is 3.31. The van der Waals surface area contributed by atoms with Gasteiger partial charge in [0.2, 0.25) is 5.91 Å². The second-order valence-electron chi connectivity index (χ2n) is 6.75. The summed E-state index contributed by atoms with van der Waals surface area (Å²) < 4.78 is 0. The van der Waals surface area contributed by atoms with Crippen molar-refractivity contribution < 1.29 is 14.6 Å². The number of likely N-dealkylation sites (tertiary alicyclic amines) is 1. The summed E-state index contributed by atoms with van der Waals surface area (Å²) in [5, 5.41) is 16.0. The van der Waals surface area contributed by atoms with E-state index in [1.54, 1.807) is 30.3 Å². The molecule has 1 saturated heterocycles. The van der Waals surface area contributed by atoms with Crippen molar-refractivity contribution >= 4 is 18.7 Å². The third kappa shape index (κ3) is 5.03. The Kier molecular flexibility index (Phi) is 7.56. The van der Waals surface area contributed by atoms with Gasteiger partial charge in [0.25, 0.3) is 5.91 Å². The first-order chi connectivity index (χ1) is 12.5. The zero-order valence-electron chi connectivity index (χ0n) is 15.4. The lowest BCUT2D eigenvalue weighted by atomic mass is 9.50. The van der Waals surface area contributed by atoms with Crippen LogP contribution in [0.15, 0.2) is 18.3 Å². The minimum Gasteiger partial charge on any atom is -0.448 e. The number of carbonyl (C=O) groups excluding carboxylic acids is 2. The number of carbonyl (C=O) groups is 2. The maximum absolute atomic E-state index is 12.5. The molecule has 0 bridgehead atoms. The van der Waals surface area contributed by atoms with Crippen molar-refractivity contribution in [3.63, 3.8) is 0 Å². The summed E-state index contributed by atoms with van der Waals surface area (Å²) in [6.07, 6.45) is 3.17. The molecule has 0 saturated carbocycles. The molecule has 2 atom stereocenters. The third-order valence-electron chi connectivity index (χ3n) is 4.81. The molecule has 142 valence electrons. The highest BCUT2D eigenvalue weighted by atomic mass is 16.2. The van der Waals surface area contributed by atoms with Crippen LogP contribution in [0, 0.1) is 0 Å². The molecule has 0 aromatic carbocycles. The van der Waals surface area contributed by atoms with Gasteiger partial charge in [-0.25, -0.2) is 0 Å². The van der Waals surface area contributed by atoms with Crippen molar-refractivity contribution in [2.24, 2.45) is 5.73 Å². The van der Waals surface area contributed by atoms with Gasteiger partial charge in [0, 0.05) is 30.8 Å². The Morgan fingerprint density at radius 3 is 3.00 bits per heavy atom. The molecule has 2 amide bonds. The SMILES string of the molecule is CNCc1cc(C(=O)NCC(=O)N2CCCC2B(O)C(C)CN)ccn1. The zero-order chi connectivity index (χ0) is 19.1. The fourth-order valence-electron chi connectivity index (χ4n) is 3.23. The van der Waals surface area contributed by atoms with Gasteiger partial charge in [0.05, 0.1) is 12.2 Å². The number of rotatable bonds is 8. The average molecular weight is 361 g/mol. The van der Waals surface area contributed by atoms with Crippen LogP contribution in [-0.4, -0.2) is 66.3 Å². The molecule has 0 spiro atoms. The molecule has 1 fully saturated rings. The van der Waals surface area contributed by atoms with Gasteiger partial charge in [-0.2, -0.15) is 0 Å². The second kappa shape index (κ2) is 9.66. The lowest BCUT2D eigenvalue weighted by molar-refractivity contribution is -0.129. The largest absolute Gasteiger partial charge is 0.448 e. The topological polar surface area (TPSA) is 121 Å². The number of nitrogens with zero attached hydrogens (tertiary/aromatic N) is 2.